The summed E-state index contributed by atoms with van der Waals surface area (Å²) in [5.74, 6) is -1.09. The van der Waals surface area contributed by atoms with Gasteiger partial charge in [0.25, 0.3) is 11.5 Å². The lowest BCUT2D eigenvalue weighted by molar-refractivity contribution is -0.142. The van der Waals surface area contributed by atoms with Gasteiger partial charge in [-0.25, -0.2) is 9.48 Å². The molecule has 0 bridgehead atoms. The van der Waals surface area contributed by atoms with Gasteiger partial charge >= 0.3 is 5.97 Å². The molecule has 0 fully saturated rings. The van der Waals surface area contributed by atoms with Gasteiger partial charge in [-0.05, 0) is 26.8 Å². The zero-order valence-corrected chi connectivity index (χ0v) is 13.5. The molecule has 1 heterocycles. The van der Waals surface area contributed by atoms with Gasteiger partial charge in [0.05, 0.1) is 18.5 Å². The second-order valence-electron chi connectivity index (χ2n) is 5.46. The largest absolute Gasteiger partial charge is 0.467 e. The van der Waals surface area contributed by atoms with Crippen LogP contribution in [0.4, 0.5) is 0 Å². The molecule has 2 aromatic rings. The number of hydrogen-bond acceptors (Lipinski definition) is 5. The van der Waals surface area contributed by atoms with Crippen molar-refractivity contribution in [2.45, 2.75) is 32.9 Å². The Morgan fingerprint density at radius 2 is 1.78 bits per heavy atom. The van der Waals surface area contributed by atoms with Crippen molar-refractivity contribution in [3.05, 3.63) is 40.3 Å². The molecule has 0 saturated heterocycles. The highest BCUT2D eigenvalue weighted by molar-refractivity contribution is 6.05. The topological polar surface area (TPSA) is 90.3 Å². The van der Waals surface area contributed by atoms with Crippen LogP contribution in [0, 0.1) is 0 Å². The maximum atomic E-state index is 12.5. The number of carbonyl (C=O) groups is 2. The third kappa shape index (κ3) is 3.23. The molecule has 0 aliphatic carbocycles. The number of esters is 1. The van der Waals surface area contributed by atoms with E-state index in [1.807, 2.05) is 13.8 Å². The van der Waals surface area contributed by atoms with Crippen LogP contribution in [0.5, 0.6) is 0 Å². The van der Waals surface area contributed by atoms with E-state index in [-0.39, 0.29) is 17.3 Å². The maximum absolute atomic E-state index is 12.5. The molecule has 1 aromatic carbocycles. The van der Waals surface area contributed by atoms with E-state index in [4.69, 9.17) is 0 Å². The average Bonchev–Trinajstić information content (AvgIpc) is 2.54. The summed E-state index contributed by atoms with van der Waals surface area (Å²) in [4.78, 5) is 36.4. The van der Waals surface area contributed by atoms with Gasteiger partial charge in [-0.2, -0.15) is 5.10 Å². The van der Waals surface area contributed by atoms with E-state index in [1.54, 1.807) is 24.3 Å². The number of carbonyl (C=O) groups excluding carboxylic acids is 2. The van der Waals surface area contributed by atoms with Gasteiger partial charge in [-0.1, -0.05) is 18.2 Å². The van der Waals surface area contributed by atoms with Crippen LogP contribution in [0.2, 0.25) is 0 Å². The van der Waals surface area contributed by atoms with Crippen LogP contribution < -0.4 is 10.9 Å². The monoisotopic (exact) mass is 317 g/mol. The van der Waals surface area contributed by atoms with Crippen molar-refractivity contribution in [1.82, 2.24) is 15.1 Å². The molecule has 0 spiro atoms. The minimum atomic E-state index is -0.813. The first-order valence-corrected chi connectivity index (χ1v) is 7.27. The van der Waals surface area contributed by atoms with Crippen LogP contribution in [-0.4, -0.2) is 34.8 Å². The van der Waals surface area contributed by atoms with Crippen molar-refractivity contribution in [1.29, 1.82) is 0 Å². The molecular weight excluding hydrogens is 298 g/mol. The number of nitrogens with zero attached hydrogens (tertiary/aromatic N) is 2. The highest BCUT2D eigenvalue weighted by Crippen LogP contribution is 2.15. The summed E-state index contributed by atoms with van der Waals surface area (Å²) >= 11 is 0. The Labute approximate surface area is 133 Å². The van der Waals surface area contributed by atoms with E-state index in [9.17, 15) is 14.4 Å². The van der Waals surface area contributed by atoms with Crippen molar-refractivity contribution >= 4 is 22.6 Å². The Morgan fingerprint density at radius 1 is 1.17 bits per heavy atom. The van der Waals surface area contributed by atoms with E-state index in [1.165, 1.54) is 18.7 Å². The van der Waals surface area contributed by atoms with Crippen molar-refractivity contribution < 1.29 is 14.3 Å². The third-order valence-electron chi connectivity index (χ3n) is 3.43. The smallest absolute Gasteiger partial charge is 0.328 e. The Hall–Kier alpha value is -2.70. The first-order valence-electron chi connectivity index (χ1n) is 7.27. The highest BCUT2D eigenvalue weighted by Gasteiger charge is 2.21. The summed E-state index contributed by atoms with van der Waals surface area (Å²) < 4.78 is 5.85. The van der Waals surface area contributed by atoms with Crippen molar-refractivity contribution in [2.75, 3.05) is 7.11 Å². The molecular formula is C16H19N3O4. The molecule has 7 heteroatoms. The molecule has 2 rings (SSSR count). The van der Waals surface area contributed by atoms with E-state index >= 15 is 0 Å². The number of rotatable bonds is 4. The Kier molecular flexibility index (Phi) is 4.78. The number of aromatic nitrogens is 2. The van der Waals surface area contributed by atoms with Gasteiger partial charge in [0, 0.05) is 5.39 Å². The van der Waals surface area contributed by atoms with E-state index in [2.05, 4.69) is 15.2 Å². The van der Waals surface area contributed by atoms with Gasteiger partial charge in [-0.15, -0.1) is 0 Å². The fourth-order valence-electron chi connectivity index (χ4n) is 2.22. The quantitative estimate of drug-likeness (QED) is 0.858. The predicted molar refractivity (Wildman–Crippen MR) is 85.3 cm³/mol. The molecule has 0 aliphatic rings. The number of amides is 1. The molecule has 1 atom stereocenters. The molecule has 0 radical (unpaired) electrons. The molecule has 23 heavy (non-hydrogen) atoms. The Balaban J connectivity index is 2.55. The van der Waals surface area contributed by atoms with Crippen LogP contribution in [0.15, 0.2) is 29.1 Å². The van der Waals surface area contributed by atoms with Gasteiger partial charge in [-0.3, -0.25) is 9.59 Å². The SMILES string of the molecule is COC(=O)[C@H](C)NC(=O)c1nn(C(C)C)c(=O)c2ccccc12. The molecule has 1 aromatic heterocycles. The zero-order valence-electron chi connectivity index (χ0n) is 13.5. The molecule has 1 amide bonds. The number of hydrogen-bond donors (Lipinski definition) is 1. The molecule has 0 aliphatic heterocycles. The van der Waals surface area contributed by atoms with Crippen molar-refractivity contribution in [2.24, 2.45) is 0 Å². The van der Waals surface area contributed by atoms with E-state index in [0.29, 0.717) is 10.8 Å². The lowest BCUT2D eigenvalue weighted by atomic mass is 10.1. The van der Waals surface area contributed by atoms with E-state index < -0.39 is 17.9 Å². The van der Waals surface area contributed by atoms with Crippen LogP contribution in [0.1, 0.15) is 37.3 Å². The summed E-state index contributed by atoms with van der Waals surface area (Å²) in [5.41, 5.74) is -0.155. The Bertz CT molecular complexity index is 811. The Morgan fingerprint density at radius 3 is 2.35 bits per heavy atom. The summed E-state index contributed by atoms with van der Waals surface area (Å²) in [5, 5.41) is 7.57. The number of fused-ring (bicyclic) bond motifs is 1. The summed E-state index contributed by atoms with van der Waals surface area (Å²) in [7, 11) is 1.25. The van der Waals surface area contributed by atoms with Crippen LogP contribution in [0.3, 0.4) is 0 Å². The van der Waals surface area contributed by atoms with Crippen molar-refractivity contribution in [3.63, 3.8) is 0 Å². The van der Waals surface area contributed by atoms with Gasteiger partial charge < -0.3 is 10.1 Å². The van der Waals surface area contributed by atoms with Crippen LogP contribution in [-0.2, 0) is 9.53 Å². The fourth-order valence-corrected chi connectivity index (χ4v) is 2.22. The van der Waals surface area contributed by atoms with Gasteiger partial charge in [0.15, 0.2) is 5.69 Å². The lowest BCUT2D eigenvalue weighted by Crippen LogP contribution is -2.40. The highest BCUT2D eigenvalue weighted by atomic mass is 16.5. The summed E-state index contributed by atoms with van der Waals surface area (Å²) in [6.07, 6.45) is 0. The first-order chi connectivity index (χ1) is 10.9. The first kappa shape index (κ1) is 16.7. The number of methoxy groups -OCH3 is 1. The average molecular weight is 317 g/mol. The third-order valence-corrected chi connectivity index (χ3v) is 3.43. The summed E-state index contributed by atoms with van der Waals surface area (Å²) in [6.45, 7) is 5.13. The predicted octanol–water partition coefficient (Wildman–Crippen LogP) is 1.27. The molecule has 0 unspecified atom stereocenters. The van der Waals surface area contributed by atoms with Gasteiger partial charge in [0.2, 0.25) is 0 Å². The minimum absolute atomic E-state index is 0.102. The van der Waals surface area contributed by atoms with Crippen LogP contribution in [0.25, 0.3) is 10.8 Å². The second-order valence-corrected chi connectivity index (χ2v) is 5.46. The normalized spacial score (nSPS) is 12.2. The maximum Gasteiger partial charge on any atom is 0.328 e. The minimum Gasteiger partial charge on any atom is -0.467 e. The molecule has 7 nitrogen and oxygen atoms in total. The molecule has 122 valence electrons. The number of ether oxygens (including phenoxy) is 1. The van der Waals surface area contributed by atoms with Gasteiger partial charge in [0.1, 0.15) is 6.04 Å². The summed E-state index contributed by atoms with van der Waals surface area (Å²) in [6, 6.07) is 5.76. The van der Waals surface area contributed by atoms with Crippen molar-refractivity contribution in [3.8, 4) is 0 Å². The number of benzene rings is 1. The fraction of sp³-hybridized carbons (Fsp3) is 0.375. The standard InChI is InChI=1S/C16H19N3O4/c1-9(2)19-15(21)12-8-6-5-7-11(12)13(18-19)14(20)17-10(3)16(22)23-4/h5-10H,1-4H3,(H,17,20)/t10-/m0/s1. The lowest BCUT2D eigenvalue weighted by Gasteiger charge is -2.15. The van der Waals surface area contributed by atoms with E-state index in [0.717, 1.165) is 0 Å². The molecule has 0 saturated carbocycles. The van der Waals surface area contributed by atoms with Crippen LogP contribution >= 0.6 is 0 Å². The second kappa shape index (κ2) is 6.60. The zero-order chi connectivity index (χ0) is 17.1. The molecule has 1 N–H and O–H groups in total. The number of nitrogens with one attached hydrogen (secondary N) is 1.